The second-order valence-electron chi connectivity index (χ2n) is 10.9. The molecule has 1 saturated carbocycles. The van der Waals surface area contributed by atoms with Crippen LogP contribution in [-0.4, -0.2) is 61.9 Å². The first kappa shape index (κ1) is 26.8. The molecule has 2 aliphatic heterocycles. The highest BCUT2D eigenvalue weighted by atomic mass is 35.5. The van der Waals surface area contributed by atoms with E-state index in [0.717, 1.165) is 10.5 Å². The third kappa shape index (κ3) is 3.51. The molecule has 0 bridgehead atoms. The number of hydrogen-bond donors (Lipinski definition) is 1. The van der Waals surface area contributed by atoms with Gasteiger partial charge in [0.2, 0.25) is 11.8 Å². The minimum absolute atomic E-state index is 0.0773. The Morgan fingerprint density at radius 3 is 2.40 bits per heavy atom. The zero-order valence-electron chi connectivity index (χ0n) is 22.0. The van der Waals surface area contributed by atoms with Crippen LogP contribution >= 0.6 is 23.2 Å². The Labute approximate surface area is 241 Å². The number of ether oxygens (including phenoxy) is 1. The molecule has 40 heavy (non-hydrogen) atoms. The van der Waals surface area contributed by atoms with Crippen LogP contribution in [0.3, 0.4) is 0 Å². The third-order valence-electron chi connectivity index (χ3n) is 8.98. The van der Waals surface area contributed by atoms with E-state index in [1.165, 1.54) is 18.0 Å². The molecule has 2 aliphatic carbocycles. The molecule has 208 valence electrons. The van der Waals surface area contributed by atoms with E-state index in [9.17, 15) is 24.3 Å². The Kier molecular flexibility index (Phi) is 6.27. The summed E-state index contributed by atoms with van der Waals surface area (Å²) in [6.45, 7) is 2.27. The lowest BCUT2D eigenvalue weighted by molar-refractivity contribution is -0.141. The molecule has 6 unspecified atom stereocenters. The molecule has 4 aliphatic rings. The van der Waals surface area contributed by atoms with E-state index >= 15 is 0 Å². The number of phenols is 1. The van der Waals surface area contributed by atoms with Crippen LogP contribution in [0.25, 0.3) is 0 Å². The summed E-state index contributed by atoms with van der Waals surface area (Å²) < 4.78 is 5.86. The number of halogens is 2. The van der Waals surface area contributed by atoms with Gasteiger partial charge in [-0.15, -0.1) is 23.2 Å². The van der Waals surface area contributed by atoms with Gasteiger partial charge >= 0.3 is 0 Å². The number of fused-ring (bicyclic) bond motifs is 4. The lowest BCUT2D eigenvalue weighted by atomic mass is 9.56. The van der Waals surface area contributed by atoms with Gasteiger partial charge in [0.05, 0.1) is 11.8 Å². The molecule has 6 atom stereocenters. The topological polar surface area (TPSA) is 104 Å². The van der Waals surface area contributed by atoms with Crippen LogP contribution in [0.1, 0.15) is 36.8 Å². The van der Waals surface area contributed by atoms with Crippen LogP contribution in [0, 0.1) is 17.8 Å². The molecular formula is C30H28Cl2N2O6. The molecular weight excluding hydrogens is 555 g/mol. The van der Waals surface area contributed by atoms with E-state index in [1.807, 2.05) is 36.4 Å². The SMILES string of the molecule is CCN1C(=O)C2CC=C3C(CC4(Cl)C(=O)N(C)C(=O)C4(Cl)C3c3ccc(OCc4ccccc4)cc3O)C2C1=O. The average Bonchev–Trinajstić information content (AvgIpc) is 3.27. The van der Waals surface area contributed by atoms with E-state index in [-0.39, 0.29) is 43.6 Å². The maximum absolute atomic E-state index is 13.6. The van der Waals surface area contributed by atoms with Crippen molar-refractivity contribution in [1.82, 2.24) is 9.80 Å². The average molecular weight is 583 g/mol. The highest BCUT2D eigenvalue weighted by Gasteiger charge is 2.76. The van der Waals surface area contributed by atoms with Crippen molar-refractivity contribution in [3.63, 3.8) is 0 Å². The zero-order chi connectivity index (χ0) is 28.6. The van der Waals surface area contributed by atoms with Crippen LogP contribution in [-0.2, 0) is 25.8 Å². The molecule has 8 nitrogen and oxygen atoms in total. The van der Waals surface area contributed by atoms with Gasteiger partial charge < -0.3 is 9.84 Å². The fourth-order valence-electron chi connectivity index (χ4n) is 7.06. The second kappa shape index (κ2) is 9.35. The number of alkyl halides is 2. The van der Waals surface area contributed by atoms with Crippen molar-refractivity contribution in [2.45, 2.75) is 42.0 Å². The van der Waals surface area contributed by atoms with Crippen molar-refractivity contribution < 1.29 is 29.0 Å². The summed E-state index contributed by atoms with van der Waals surface area (Å²) in [6.07, 6.45) is 2.05. The molecule has 3 fully saturated rings. The van der Waals surface area contributed by atoms with Gasteiger partial charge in [0, 0.05) is 31.1 Å². The van der Waals surface area contributed by atoms with Crippen LogP contribution in [0.15, 0.2) is 60.2 Å². The van der Waals surface area contributed by atoms with E-state index in [2.05, 4.69) is 0 Å². The lowest BCUT2D eigenvalue weighted by Crippen LogP contribution is -2.60. The Balaban J connectivity index is 1.45. The van der Waals surface area contributed by atoms with Crippen LogP contribution < -0.4 is 4.74 Å². The van der Waals surface area contributed by atoms with E-state index in [0.29, 0.717) is 16.9 Å². The maximum Gasteiger partial charge on any atom is 0.253 e. The molecule has 6 rings (SSSR count). The number of allylic oxidation sites excluding steroid dienone is 2. The number of likely N-dealkylation sites (tertiary alicyclic amines) is 2. The molecule has 0 spiro atoms. The first-order chi connectivity index (χ1) is 19.0. The molecule has 2 aromatic carbocycles. The summed E-state index contributed by atoms with van der Waals surface area (Å²) in [5, 5.41) is 11.3. The van der Waals surface area contributed by atoms with Crippen molar-refractivity contribution in [2.24, 2.45) is 17.8 Å². The Morgan fingerprint density at radius 2 is 1.73 bits per heavy atom. The van der Waals surface area contributed by atoms with E-state index in [4.69, 9.17) is 27.9 Å². The maximum atomic E-state index is 13.6. The number of benzene rings is 2. The quantitative estimate of drug-likeness (QED) is 0.325. The highest BCUT2D eigenvalue weighted by molar-refractivity contribution is 6.53. The zero-order valence-corrected chi connectivity index (χ0v) is 23.5. The number of amides is 4. The number of imide groups is 2. The predicted octanol–water partition coefficient (Wildman–Crippen LogP) is 3.98. The summed E-state index contributed by atoms with van der Waals surface area (Å²) in [7, 11) is 1.33. The minimum atomic E-state index is -1.95. The molecule has 0 aromatic heterocycles. The summed E-state index contributed by atoms with van der Waals surface area (Å²) >= 11 is 14.3. The van der Waals surface area contributed by atoms with Crippen molar-refractivity contribution >= 4 is 46.8 Å². The monoisotopic (exact) mass is 582 g/mol. The first-order valence-electron chi connectivity index (χ1n) is 13.3. The fraction of sp³-hybridized carbons (Fsp3) is 0.400. The Bertz CT molecular complexity index is 1480. The van der Waals surface area contributed by atoms with Gasteiger partial charge in [0.15, 0.2) is 9.75 Å². The molecule has 2 saturated heterocycles. The van der Waals surface area contributed by atoms with Crippen molar-refractivity contribution in [1.29, 1.82) is 0 Å². The molecule has 2 aromatic rings. The number of rotatable bonds is 5. The van der Waals surface area contributed by atoms with Crippen LogP contribution in [0.5, 0.6) is 11.5 Å². The van der Waals surface area contributed by atoms with Gasteiger partial charge in [-0.25, -0.2) is 0 Å². The van der Waals surface area contributed by atoms with Crippen LogP contribution in [0.2, 0.25) is 0 Å². The lowest BCUT2D eigenvalue weighted by Gasteiger charge is -2.50. The molecule has 1 N–H and O–H groups in total. The predicted molar refractivity (Wildman–Crippen MR) is 147 cm³/mol. The second-order valence-corrected chi connectivity index (χ2v) is 12.2. The molecule has 2 heterocycles. The Morgan fingerprint density at radius 1 is 1.00 bits per heavy atom. The van der Waals surface area contributed by atoms with Gasteiger partial charge in [-0.3, -0.25) is 29.0 Å². The van der Waals surface area contributed by atoms with Crippen molar-refractivity contribution in [3.8, 4) is 11.5 Å². The van der Waals surface area contributed by atoms with Gasteiger partial charge in [-0.2, -0.15) is 0 Å². The summed E-state index contributed by atoms with van der Waals surface area (Å²) in [5.74, 6) is -4.60. The molecule has 10 heteroatoms. The van der Waals surface area contributed by atoms with E-state index < -0.39 is 45.2 Å². The van der Waals surface area contributed by atoms with Crippen LogP contribution in [0.4, 0.5) is 0 Å². The van der Waals surface area contributed by atoms with Crippen molar-refractivity contribution in [3.05, 3.63) is 71.3 Å². The fourth-order valence-corrected chi connectivity index (χ4v) is 8.08. The van der Waals surface area contributed by atoms with E-state index in [1.54, 1.807) is 19.1 Å². The molecule has 0 radical (unpaired) electrons. The van der Waals surface area contributed by atoms with Crippen molar-refractivity contribution in [2.75, 3.05) is 13.6 Å². The third-order valence-corrected chi connectivity index (χ3v) is 10.4. The number of carbonyl (C=O) groups excluding carboxylic acids is 4. The standard InChI is InChI=1S/C30H28Cl2N2O6/c1-3-34-25(36)20-12-11-18-21(23(20)26(34)37)14-29(31)27(38)33(2)28(39)30(29,32)24(18)19-10-9-17(13-22(19)35)40-15-16-7-5-4-6-8-16/h4-11,13,20-21,23-24,35H,3,12,14-15H2,1-2H3. The number of phenolic OH excluding ortho intramolecular Hbond substituents is 1. The normalized spacial score (nSPS) is 33.0. The number of hydrogen-bond acceptors (Lipinski definition) is 6. The van der Waals surface area contributed by atoms with Gasteiger partial charge in [0.25, 0.3) is 11.8 Å². The van der Waals surface area contributed by atoms with Gasteiger partial charge in [0.1, 0.15) is 18.1 Å². The number of nitrogens with zero attached hydrogens (tertiary/aromatic N) is 2. The largest absolute Gasteiger partial charge is 0.508 e. The minimum Gasteiger partial charge on any atom is -0.508 e. The van der Waals surface area contributed by atoms with Gasteiger partial charge in [-0.05, 0) is 37.3 Å². The summed E-state index contributed by atoms with van der Waals surface area (Å²) in [5.41, 5.74) is 1.88. The Hall–Kier alpha value is -3.36. The first-order valence-corrected chi connectivity index (χ1v) is 14.0. The van der Waals surface area contributed by atoms with Gasteiger partial charge in [-0.1, -0.05) is 48.0 Å². The summed E-state index contributed by atoms with van der Waals surface area (Å²) in [6, 6.07) is 14.3. The summed E-state index contributed by atoms with van der Waals surface area (Å²) in [4.78, 5) is 51.9. The molecule has 4 amide bonds. The number of aromatic hydroxyl groups is 1. The highest BCUT2D eigenvalue weighted by Crippen LogP contribution is 2.66. The smallest absolute Gasteiger partial charge is 0.253 e. The number of carbonyl (C=O) groups is 4.